The van der Waals surface area contributed by atoms with Gasteiger partial charge >= 0.3 is 0 Å². The zero-order valence-corrected chi connectivity index (χ0v) is 22.0. The Morgan fingerprint density at radius 2 is 1.90 bits per heavy atom. The molecule has 4 aromatic rings. The first kappa shape index (κ1) is 26.7. The number of amides is 1. The van der Waals surface area contributed by atoms with Crippen molar-refractivity contribution in [2.75, 3.05) is 32.8 Å². The monoisotopic (exact) mass is 533 g/mol. The van der Waals surface area contributed by atoms with Crippen LogP contribution in [0.5, 0.6) is 0 Å². The van der Waals surface area contributed by atoms with Crippen LogP contribution < -0.4 is 10.9 Å². The molecule has 1 aliphatic heterocycles. The first-order valence-electron chi connectivity index (χ1n) is 13.0. The number of pyridine rings is 3. The molecule has 1 saturated heterocycles. The van der Waals surface area contributed by atoms with Crippen LogP contribution in [0.3, 0.4) is 0 Å². The van der Waals surface area contributed by atoms with E-state index in [1.807, 2.05) is 13.0 Å². The smallest absolute Gasteiger partial charge is 0.265 e. The van der Waals surface area contributed by atoms with Gasteiger partial charge in [0, 0.05) is 49.5 Å². The van der Waals surface area contributed by atoms with Gasteiger partial charge in [0.25, 0.3) is 11.5 Å². The van der Waals surface area contributed by atoms with E-state index in [0.29, 0.717) is 59.8 Å². The molecule has 0 spiro atoms. The summed E-state index contributed by atoms with van der Waals surface area (Å²) in [6.07, 6.45) is 3.15. The number of aromatic nitrogens is 3. The number of fused-ring (bicyclic) bond motifs is 1. The lowest BCUT2D eigenvalue weighted by Crippen LogP contribution is -2.40. The fourth-order valence-corrected chi connectivity index (χ4v) is 4.67. The molecule has 1 amide bonds. The molecule has 0 bridgehead atoms. The normalized spacial score (nSPS) is 14.3. The molecule has 10 nitrogen and oxygen atoms in total. The molecular formula is C30H27N7O3. The van der Waals surface area contributed by atoms with Crippen molar-refractivity contribution in [1.82, 2.24) is 24.8 Å². The number of hydrogen-bond acceptors (Lipinski definition) is 7. The van der Waals surface area contributed by atoms with Crippen molar-refractivity contribution >= 4 is 22.6 Å². The van der Waals surface area contributed by atoms with Gasteiger partial charge in [-0.3, -0.25) is 24.0 Å². The van der Waals surface area contributed by atoms with Crippen LogP contribution in [0.25, 0.3) is 27.1 Å². The second-order valence-corrected chi connectivity index (χ2v) is 9.55. The van der Waals surface area contributed by atoms with Gasteiger partial charge in [-0.15, -0.1) is 0 Å². The maximum atomic E-state index is 13.7. The highest BCUT2D eigenvalue weighted by molar-refractivity contribution is 5.97. The second-order valence-electron chi connectivity index (χ2n) is 9.55. The number of morpholine rings is 1. The van der Waals surface area contributed by atoms with Gasteiger partial charge in [-0.05, 0) is 42.8 Å². The number of rotatable bonds is 7. The summed E-state index contributed by atoms with van der Waals surface area (Å²) in [5.41, 5.74) is 3.21. The number of hydrogen-bond donors (Lipinski definition) is 1. The van der Waals surface area contributed by atoms with Crippen LogP contribution >= 0.6 is 0 Å². The molecule has 200 valence electrons. The zero-order chi connectivity index (χ0) is 28.1. The van der Waals surface area contributed by atoms with E-state index in [0.717, 1.165) is 18.7 Å². The summed E-state index contributed by atoms with van der Waals surface area (Å²) < 4.78 is 7.00. The van der Waals surface area contributed by atoms with E-state index in [9.17, 15) is 9.59 Å². The summed E-state index contributed by atoms with van der Waals surface area (Å²) in [5, 5.41) is 12.6. The van der Waals surface area contributed by atoms with Crippen LogP contribution in [-0.2, 0) is 11.3 Å². The standard InChI is InChI=1S/C30H27N7O3/c1-20(22-5-3-21(17-31)4-6-22)35-29(38)26-16-23-15-24(27-8-7-25(32-2)19-33-27)18-34-28(23)37(30(26)39)10-9-36-11-13-40-14-12-36/h3-8,15-16,18-20H,9-14H2,1H3,(H,35,38). The molecule has 5 rings (SSSR count). The molecule has 1 atom stereocenters. The molecule has 1 aliphatic rings. The van der Waals surface area contributed by atoms with Crippen molar-refractivity contribution in [2.45, 2.75) is 19.5 Å². The van der Waals surface area contributed by atoms with Crippen molar-refractivity contribution < 1.29 is 9.53 Å². The zero-order valence-electron chi connectivity index (χ0n) is 22.0. The first-order valence-corrected chi connectivity index (χ1v) is 13.0. The number of nitrogens with zero attached hydrogens (tertiary/aromatic N) is 6. The van der Waals surface area contributed by atoms with Gasteiger partial charge in [0.1, 0.15) is 11.2 Å². The third-order valence-electron chi connectivity index (χ3n) is 6.97. The fourth-order valence-electron chi connectivity index (χ4n) is 4.67. The minimum Gasteiger partial charge on any atom is -0.379 e. The summed E-state index contributed by atoms with van der Waals surface area (Å²) in [6.45, 7) is 12.8. The van der Waals surface area contributed by atoms with Gasteiger partial charge in [-0.1, -0.05) is 18.2 Å². The van der Waals surface area contributed by atoms with E-state index >= 15 is 0 Å². The van der Waals surface area contributed by atoms with Gasteiger partial charge in [0.2, 0.25) is 5.69 Å². The Kier molecular flexibility index (Phi) is 7.92. The number of nitriles is 1. The second kappa shape index (κ2) is 11.9. The Labute approximate surface area is 231 Å². The molecule has 10 heteroatoms. The quantitative estimate of drug-likeness (QED) is 0.360. The number of ether oxygens (including phenoxy) is 1. The van der Waals surface area contributed by atoms with Crippen LogP contribution in [0.2, 0.25) is 0 Å². The maximum Gasteiger partial charge on any atom is 0.265 e. The molecule has 3 aromatic heterocycles. The van der Waals surface area contributed by atoms with Gasteiger partial charge < -0.3 is 10.1 Å². The van der Waals surface area contributed by atoms with E-state index in [1.165, 1.54) is 6.20 Å². The number of nitrogens with one attached hydrogen (secondary N) is 1. The lowest BCUT2D eigenvalue weighted by molar-refractivity contribution is 0.0364. The lowest BCUT2D eigenvalue weighted by Gasteiger charge is -2.27. The Morgan fingerprint density at radius 1 is 1.12 bits per heavy atom. The third kappa shape index (κ3) is 5.74. The molecular weight excluding hydrogens is 506 g/mol. The predicted octanol–water partition coefficient (Wildman–Crippen LogP) is 3.70. The van der Waals surface area contributed by atoms with E-state index in [2.05, 4.69) is 31.1 Å². The molecule has 1 aromatic carbocycles. The highest BCUT2D eigenvalue weighted by atomic mass is 16.5. The summed E-state index contributed by atoms with van der Waals surface area (Å²) in [7, 11) is 0. The van der Waals surface area contributed by atoms with Crippen molar-refractivity contribution in [3.05, 3.63) is 99.4 Å². The van der Waals surface area contributed by atoms with Crippen LogP contribution in [0.15, 0.2) is 65.7 Å². The summed E-state index contributed by atoms with van der Waals surface area (Å²) in [6, 6.07) is 15.5. The highest BCUT2D eigenvalue weighted by Crippen LogP contribution is 2.23. The molecule has 0 aliphatic carbocycles. The van der Waals surface area contributed by atoms with Crippen LogP contribution in [0.1, 0.15) is 34.5 Å². The van der Waals surface area contributed by atoms with E-state index < -0.39 is 11.5 Å². The Hall–Kier alpha value is -4.90. The van der Waals surface area contributed by atoms with E-state index in [4.69, 9.17) is 16.6 Å². The van der Waals surface area contributed by atoms with Gasteiger partial charge in [-0.2, -0.15) is 5.26 Å². The Morgan fingerprint density at radius 3 is 2.58 bits per heavy atom. The van der Waals surface area contributed by atoms with Crippen LogP contribution in [-0.4, -0.2) is 58.2 Å². The topological polar surface area (TPSA) is 118 Å². The molecule has 40 heavy (non-hydrogen) atoms. The van der Waals surface area contributed by atoms with E-state index in [-0.39, 0.29) is 11.6 Å². The average molecular weight is 534 g/mol. The molecule has 0 saturated carbocycles. The third-order valence-corrected chi connectivity index (χ3v) is 6.97. The van der Waals surface area contributed by atoms with Crippen molar-refractivity contribution in [3.8, 4) is 17.3 Å². The maximum absolute atomic E-state index is 13.7. The molecule has 1 fully saturated rings. The van der Waals surface area contributed by atoms with Gasteiger partial charge in [0.15, 0.2) is 0 Å². The lowest BCUT2D eigenvalue weighted by atomic mass is 10.1. The minimum absolute atomic E-state index is 0.0187. The predicted molar refractivity (Wildman–Crippen MR) is 150 cm³/mol. The minimum atomic E-state index is -0.492. The highest BCUT2D eigenvalue weighted by Gasteiger charge is 2.20. The van der Waals surface area contributed by atoms with Gasteiger partial charge in [-0.25, -0.2) is 9.83 Å². The van der Waals surface area contributed by atoms with Gasteiger partial charge in [0.05, 0.1) is 43.2 Å². The average Bonchev–Trinajstić information content (AvgIpc) is 3.00. The van der Waals surface area contributed by atoms with Crippen molar-refractivity contribution in [1.29, 1.82) is 5.26 Å². The SMILES string of the molecule is [C-]#[N+]c1ccc(-c2cnc3c(c2)cc(C(=O)NC(C)c2ccc(C#N)cc2)c(=O)n3CCN2CCOCC2)nc1. The molecule has 1 N–H and O–H groups in total. The summed E-state index contributed by atoms with van der Waals surface area (Å²) >= 11 is 0. The molecule has 0 radical (unpaired) electrons. The van der Waals surface area contributed by atoms with Crippen molar-refractivity contribution in [2.24, 2.45) is 0 Å². The Balaban J connectivity index is 1.51. The Bertz CT molecular complexity index is 1680. The largest absolute Gasteiger partial charge is 0.379 e. The van der Waals surface area contributed by atoms with Crippen LogP contribution in [0.4, 0.5) is 5.69 Å². The number of benzene rings is 1. The van der Waals surface area contributed by atoms with Crippen LogP contribution in [0, 0.1) is 17.9 Å². The number of carbonyl (C=O) groups excluding carboxylic acids is 1. The number of carbonyl (C=O) groups is 1. The molecule has 4 heterocycles. The van der Waals surface area contributed by atoms with Crippen molar-refractivity contribution in [3.63, 3.8) is 0 Å². The fraction of sp³-hybridized carbons (Fsp3) is 0.267. The first-order chi connectivity index (χ1) is 19.5. The summed E-state index contributed by atoms with van der Waals surface area (Å²) in [5.74, 6) is -0.492. The molecule has 1 unspecified atom stereocenters. The summed E-state index contributed by atoms with van der Waals surface area (Å²) in [4.78, 5) is 41.7. The van der Waals surface area contributed by atoms with E-state index in [1.54, 1.807) is 53.2 Å².